The zero-order chi connectivity index (χ0) is 18.9. The molecule has 4 N–H and O–H groups in total. The highest BCUT2D eigenvalue weighted by atomic mass is 19.1. The third-order valence-electron chi connectivity index (χ3n) is 3.70. The molecular formula is C19H20FN3O3. The molecule has 3 amide bonds. The Kier molecular flexibility index (Phi) is 6.84. The number of rotatable bonds is 8. The van der Waals surface area contributed by atoms with Crippen LogP contribution in [0, 0.1) is 5.82 Å². The van der Waals surface area contributed by atoms with Crippen LogP contribution in [0.4, 0.5) is 4.39 Å². The molecule has 0 saturated heterocycles. The summed E-state index contributed by atoms with van der Waals surface area (Å²) in [7, 11) is 0. The van der Waals surface area contributed by atoms with Crippen molar-refractivity contribution in [2.24, 2.45) is 5.73 Å². The van der Waals surface area contributed by atoms with Crippen LogP contribution in [-0.4, -0.2) is 24.3 Å². The van der Waals surface area contributed by atoms with Crippen molar-refractivity contribution in [2.45, 2.75) is 18.9 Å². The molecule has 0 bridgehead atoms. The fourth-order valence-electron chi connectivity index (χ4n) is 2.35. The summed E-state index contributed by atoms with van der Waals surface area (Å²) in [6.45, 7) is 0.274. The molecule has 1 unspecified atom stereocenters. The summed E-state index contributed by atoms with van der Waals surface area (Å²) >= 11 is 0. The molecule has 0 spiro atoms. The second kappa shape index (κ2) is 9.31. The molecule has 0 radical (unpaired) electrons. The molecule has 2 aromatic rings. The van der Waals surface area contributed by atoms with E-state index in [1.807, 2.05) is 0 Å². The number of carbonyl (C=O) groups excluding carboxylic acids is 3. The number of hydrogen-bond donors (Lipinski definition) is 3. The number of nitrogens with one attached hydrogen (secondary N) is 2. The number of hydrogen-bond acceptors (Lipinski definition) is 3. The van der Waals surface area contributed by atoms with Crippen molar-refractivity contribution in [3.63, 3.8) is 0 Å². The molecule has 7 heteroatoms. The molecule has 2 aromatic carbocycles. The number of halogens is 1. The minimum atomic E-state index is -0.891. The van der Waals surface area contributed by atoms with Gasteiger partial charge in [-0.25, -0.2) is 4.39 Å². The smallest absolute Gasteiger partial charge is 0.251 e. The Bertz CT molecular complexity index is 763. The highest BCUT2D eigenvalue weighted by molar-refractivity contribution is 5.94. The summed E-state index contributed by atoms with van der Waals surface area (Å²) in [5, 5.41) is 5.24. The standard InChI is InChI=1S/C19H20FN3O3/c20-15-10-8-14(9-11-15)19(26)22-12-4-7-16(24)23-17(18(21)25)13-5-2-1-3-6-13/h1-3,5-6,8-11,17H,4,7,12H2,(H2,21,25)(H,22,26)(H,23,24). The van der Waals surface area contributed by atoms with Crippen LogP contribution < -0.4 is 16.4 Å². The number of carbonyl (C=O) groups is 3. The monoisotopic (exact) mass is 357 g/mol. The quantitative estimate of drug-likeness (QED) is 0.627. The lowest BCUT2D eigenvalue weighted by Gasteiger charge is -2.15. The first kappa shape index (κ1) is 19.1. The lowest BCUT2D eigenvalue weighted by atomic mass is 10.1. The topological polar surface area (TPSA) is 101 Å². The zero-order valence-electron chi connectivity index (χ0n) is 14.1. The van der Waals surface area contributed by atoms with E-state index in [1.54, 1.807) is 30.3 Å². The minimum Gasteiger partial charge on any atom is -0.368 e. The Hall–Kier alpha value is -3.22. The molecule has 0 aromatic heterocycles. The molecular weight excluding hydrogens is 337 g/mol. The van der Waals surface area contributed by atoms with Gasteiger partial charge in [-0.1, -0.05) is 30.3 Å². The molecule has 26 heavy (non-hydrogen) atoms. The molecule has 0 heterocycles. The molecule has 0 aliphatic heterocycles. The van der Waals surface area contributed by atoms with Crippen molar-refractivity contribution >= 4 is 17.7 Å². The van der Waals surface area contributed by atoms with Crippen molar-refractivity contribution in [2.75, 3.05) is 6.54 Å². The first-order chi connectivity index (χ1) is 12.5. The minimum absolute atomic E-state index is 0.125. The Balaban J connectivity index is 1.76. The first-order valence-electron chi connectivity index (χ1n) is 8.15. The van der Waals surface area contributed by atoms with Crippen LogP contribution in [0.1, 0.15) is 34.8 Å². The predicted octanol–water partition coefficient (Wildman–Crippen LogP) is 1.68. The van der Waals surface area contributed by atoms with Gasteiger partial charge in [-0.3, -0.25) is 14.4 Å². The Morgan fingerprint density at radius 1 is 1.00 bits per heavy atom. The van der Waals surface area contributed by atoms with Crippen molar-refractivity contribution in [3.05, 3.63) is 71.5 Å². The maximum atomic E-state index is 12.8. The van der Waals surface area contributed by atoms with Crippen LogP contribution in [0.25, 0.3) is 0 Å². The van der Waals surface area contributed by atoms with Gasteiger partial charge in [-0.2, -0.15) is 0 Å². The molecule has 2 rings (SSSR count). The van der Waals surface area contributed by atoms with Gasteiger partial charge >= 0.3 is 0 Å². The van der Waals surface area contributed by atoms with E-state index in [9.17, 15) is 18.8 Å². The van der Waals surface area contributed by atoms with Gasteiger partial charge in [0.05, 0.1) is 0 Å². The third-order valence-corrected chi connectivity index (χ3v) is 3.70. The summed E-state index contributed by atoms with van der Waals surface area (Å²) in [5.41, 5.74) is 6.30. The van der Waals surface area contributed by atoms with Gasteiger partial charge in [0, 0.05) is 18.5 Å². The first-order valence-corrected chi connectivity index (χ1v) is 8.15. The van der Waals surface area contributed by atoms with E-state index in [1.165, 1.54) is 24.3 Å². The highest BCUT2D eigenvalue weighted by Gasteiger charge is 2.19. The van der Waals surface area contributed by atoms with E-state index >= 15 is 0 Å². The third kappa shape index (κ3) is 5.70. The van der Waals surface area contributed by atoms with E-state index < -0.39 is 17.8 Å². The predicted molar refractivity (Wildman–Crippen MR) is 94.5 cm³/mol. The summed E-state index contributed by atoms with van der Waals surface area (Å²) in [4.78, 5) is 35.4. The lowest BCUT2D eigenvalue weighted by Crippen LogP contribution is -2.37. The molecule has 136 valence electrons. The van der Waals surface area contributed by atoms with E-state index in [4.69, 9.17) is 5.73 Å². The van der Waals surface area contributed by atoms with Gasteiger partial charge in [0.1, 0.15) is 11.9 Å². The normalized spacial score (nSPS) is 11.4. The fourth-order valence-corrected chi connectivity index (χ4v) is 2.35. The maximum absolute atomic E-state index is 12.8. The summed E-state index contributed by atoms with van der Waals surface area (Å²) in [5.74, 6) is -1.74. The van der Waals surface area contributed by atoms with Crippen LogP contribution in [0.2, 0.25) is 0 Å². The molecule has 1 atom stereocenters. The molecule has 0 fully saturated rings. The van der Waals surface area contributed by atoms with Crippen LogP contribution in [0.15, 0.2) is 54.6 Å². The van der Waals surface area contributed by atoms with Crippen LogP contribution >= 0.6 is 0 Å². The number of amides is 3. The zero-order valence-corrected chi connectivity index (χ0v) is 14.1. The van der Waals surface area contributed by atoms with Crippen molar-refractivity contribution in [1.82, 2.24) is 10.6 Å². The van der Waals surface area contributed by atoms with Crippen LogP contribution in [0.5, 0.6) is 0 Å². The van der Waals surface area contributed by atoms with E-state index in [0.29, 0.717) is 17.5 Å². The van der Waals surface area contributed by atoms with Gasteiger partial charge in [-0.15, -0.1) is 0 Å². The second-order valence-electron chi connectivity index (χ2n) is 5.68. The second-order valence-corrected chi connectivity index (χ2v) is 5.68. The van der Waals surface area contributed by atoms with Gasteiger partial charge in [0.2, 0.25) is 11.8 Å². The summed E-state index contributed by atoms with van der Waals surface area (Å²) < 4.78 is 12.8. The fraction of sp³-hybridized carbons (Fsp3) is 0.211. The Morgan fingerprint density at radius 3 is 2.27 bits per heavy atom. The summed E-state index contributed by atoms with van der Waals surface area (Å²) in [6.07, 6.45) is 0.513. The van der Waals surface area contributed by atoms with Gasteiger partial charge < -0.3 is 16.4 Å². The van der Waals surface area contributed by atoms with Crippen LogP contribution in [0.3, 0.4) is 0 Å². The number of nitrogens with two attached hydrogens (primary N) is 1. The number of primary amides is 1. The molecule has 0 aliphatic carbocycles. The van der Waals surface area contributed by atoms with Crippen molar-refractivity contribution in [1.29, 1.82) is 0 Å². The summed E-state index contributed by atoms with van der Waals surface area (Å²) in [6, 6.07) is 13.0. The molecule has 6 nitrogen and oxygen atoms in total. The van der Waals surface area contributed by atoms with E-state index in [-0.39, 0.29) is 24.8 Å². The molecule has 0 saturated carbocycles. The van der Waals surface area contributed by atoms with Crippen LogP contribution in [-0.2, 0) is 9.59 Å². The number of benzene rings is 2. The molecule has 0 aliphatic rings. The average Bonchev–Trinajstić information content (AvgIpc) is 2.64. The highest BCUT2D eigenvalue weighted by Crippen LogP contribution is 2.12. The van der Waals surface area contributed by atoms with E-state index in [0.717, 1.165) is 0 Å². The van der Waals surface area contributed by atoms with Crippen molar-refractivity contribution in [3.8, 4) is 0 Å². The lowest BCUT2D eigenvalue weighted by molar-refractivity contribution is -0.127. The Labute approximate surface area is 150 Å². The largest absolute Gasteiger partial charge is 0.368 e. The van der Waals surface area contributed by atoms with Gasteiger partial charge in [0.15, 0.2) is 0 Å². The van der Waals surface area contributed by atoms with Crippen molar-refractivity contribution < 1.29 is 18.8 Å². The van der Waals surface area contributed by atoms with E-state index in [2.05, 4.69) is 10.6 Å². The average molecular weight is 357 g/mol. The van der Waals surface area contributed by atoms with Gasteiger partial charge in [0.25, 0.3) is 5.91 Å². The van der Waals surface area contributed by atoms with Gasteiger partial charge in [-0.05, 0) is 36.2 Å². The Morgan fingerprint density at radius 2 is 1.65 bits per heavy atom. The maximum Gasteiger partial charge on any atom is 0.251 e. The SMILES string of the molecule is NC(=O)C(NC(=O)CCCNC(=O)c1ccc(F)cc1)c1ccccc1.